The first-order chi connectivity index (χ1) is 5.15. The van der Waals surface area contributed by atoms with Crippen molar-refractivity contribution in [2.45, 2.75) is 26.0 Å². The Morgan fingerprint density at radius 3 is 2.73 bits per heavy atom. The number of amides is 1. The Morgan fingerprint density at radius 1 is 1.73 bits per heavy atom. The standard InChI is InChI=1S/C7H12N2O2/c1-4-7(10)9-6(8-4)5(2)11-3/h4-5H,1-3H3,(H,8,9,10). The van der Waals surface area contributed by atoms with E-state index in [0.717, 1.165) is 0 Å². The smallest absolute Gasteiger partial charge is 0.249 e. The molecule has 1 rings (SSSR count). The van der Waals surface area contributed by atoms with Crippen LogP contribution in [0.5, 0.6) is 0 Å². The fourth-order valence-corrected chi connectivity index (χ4v) is 0.848. The molecule has 1 aliphatic rings. The van der Waals surface area contributed by atoms with Gasteiger partial charge in [-0.15, -0.1) is 0 Å². The summed E-state index contributed by atoms with van der Waals surface area (Å²) >= 11 is 0. The summed E-state index contributed by atoms with van der Waals surface area (Å²) in [6.45, 7) is 3.60. The van der Waals surface area contributed by atoms with Gasteiger partial charge < -0.3 is 10.1 Å². The van der Waals surface area contributed by atoms with Crippen LogP contribution in [0, 0.1) is 0 Å². The van der Waals surface area contributed by atoms with Crippen LogP contribution in [0.15, 0.2) is 4.99 Å². The average molecular weight is 156 g/mol. The minimum absolute atomic E-state index is 0.0519. The minimum Gasteiger partial charge on any atom is -0.374 e. The number of hydrogen-bond donors (Lipinski definition) is 1. The van der Waals surface area contributed by atoms with Crippen molar-refractivity contribution < 1.29 is 9.53 Å². The van der Waals surface area contributed by atoms with Crippen LogP contribution < -0.4 is 5.32 Å². The maximum atomic E-state index is 10.9. The van der Waals surface area contributed by atoms with Gasteiger partial charge in [0.15, 0.2) is 0 Å². The summed E-state index contributed by atoms with van der Waals surface area (Å²) in [5.41, 5.74) is 0. The molecule has 0 radical (unpaired) electrons. The van der Waals surface area contributed by atoms with Gasteiger partial charge in [0, 0.05) is 7.11 Å². The summed E-state index contributed by atoms with van der Waals surface area (Å²) in [6.07, 6.45) is -0.121. The highest BCUT2D eigenvalue weighted by Gasteiger charge is 2.24. The highest BCUT2D eigenvalue weighted by atomic mass is 16.5. The van der Waals surface area contributed by atoms with Crippen molar-refractivity contribution in [2.24, 2.45) is 4.99 Å². The lowest BCUT2D eigenvalue weighted by Gasteiger charge is -2.07. The van der Waals surface area contributed by atoms with Crippen molar-refractivity contribution in [1.29, 1.82) is 0 Å². The third-order valence-electron chi connectivity index (χ3n) is 1.70. The van der Waals surface area contributed by atoms with Crippen LogP contribution in [-0.4, -0.2) is 31.0 Å². The second kappa shape index (κ2) is 3.00. The molecule has 1 heterocycles. The van der Waals surface area contributed by atoms with Crippen LogP contribution in [0.25, 0.3) is 0 Å². The summed E-state index contributed by atoms with van der Waals surface area (Å²) < 4.78 is 4.99. The van der Waals surface area contributed by atoms with Gasteiger partial charge in [0.1, 0.15) is 18.0 Å². The number of amidine groups is 1. The summed E-state index contributed by atoms with van der Waals surface area (Å²) in [5, 5.41) is 2.64. The van der Waals surface area contributed by atoms with E-state index in [9.17, 15) is 4.79 Å². The molecule has 0 saturated heterocycles. The molecule has 1 N–H and O–H groups in total. The molecule has 0 aliphatic carbocycles. The van der Waals surface area contributed by atoms with Crippen molar-refractivity contribution >= 4 is 11.7 Å². The molecule has 0 saturated carbocycles. The molecular formula is C7H12N2O2. The van der Waals surface area contributed by atoms with Crippen LogP contribution in [0.3, 0.4) is 0 Å². The summed E-state index contributed by atoms with van der Waals surface area (Å²) in [6, 6.07) is -0.261. The number of rotatable bonds is 2. The zero-order chi connectivity index (χ0) is 8.43. The van der Waals surface area contributed by atoms with Crippen LogP contribution in [0.2, 0.25) is 0 Å². The summed E-state index contributed by atoms with van der Waals surface area (Å²) in [7, 11) is 1.59. The third-order valence-corrected chi connectivity index (χ3v) is 1.70. The van der Waals surface area contributed by atoms with Gasteiger partial charge in [-0.3, -0.25) is 9.79 Å². The summed E-state index contributed by atoms with van der Waals surface area (Å²) in [4.78, 5) is 15.0. The molecule has 0 bridgehead atoms. The first-order valence-corrected chi connectivity index (χ1v) is 3.56. The van der Waals surface area contributed by atoms with Crippen molar-refractivity contribution in [3.05, 3.63) is 0 Å². The Hall–Kier alpha value is -0.900. The molecule has 62 valence electrons. The van der Waals surface area contributed by atoms with E-state index in [4.69, 9.17) is 4.74 Å². The number of nitrogens with one attached hydrogen (secondary N) is 1. The Balaban J connectivity index is 2.63. The predicted molar refractivity (Wildman–Crippen MR) is 41.5 cm³/mol. The van der Waals surface area contributed by atoms with Crippen LogP contribution in [-0.2, 0) is 9.53 Å². The second-order valence-electron chi connectivity index (χ2n) is 2.56. The lowest BCUT2D eigenvalue weighted by atomic mass is 10.4. The molecule has 4 heteroatoms. The van der Waals surface area contributed by atoms with E-state index in [1.54, 1.807) is 14.0 Å². The van der Waals surface area contributed by atoms with Crippen molar-refractivity contribution in [1.82, 2.24) is 5.32 Å². The Kier molecular flexibility index (Phi) is 2.24. The zero-order valence-corrected chi connectivity index (χ0v) is 6.92. The van der Waals surface area contributed by atoms with Gasteiger partial charge >= 0.3 is 0 Å². The highest BCUT2D eigenvalue weighted by molar-refractivity contribution is 6.07. The fraction of sp³-hybridized carbons (Fsp3) is 0.714. The van der Waals surface area contributed by atoms with Gasteiger partial charge in [-0.1, -0.05) is 0 Å². The average Bonchev–Trinajstić information content (AvgIpc) is 2.31. The van der Waals surface area contributed by atoms with Crippen LogP contribution in [0.1, 0.15) is 13.8 Å². The molecule has 2 atom stereocenters. The van der Waals surface area contributed by atoms with Gasteiger partial charge in [-0.05, 0) is 13.8 Å². The monoisotopic (exact) mass is 156 g/mol. The number of methoxy groups -OCH3 is 1. The van der Waals surface area contributed by atoms with Crippen LogP contribution >= 0.6 is 0 Å². The molecule has 1 aliphatic heterocycles. The van der Waals surface area contributed by atoms with E-state index in [0.29, 0.717) is 5.84 Å². The molecule has 0 fully saturated rings. The molecule has 0 aromatic heterocycles. The zero-order valence-electron chi connectivity index (χ0n) is 6.92. The number of aliphatic imine (C=N–C) groups is 1. The van der Waals surface area contributed by atoms with Gasteiger partial charge in [-0.25, -0.2) is 0 Å². The van der Waals surface area contributed by atoms with E-state index >= 15 is 0 Å². The second-order valence-corrected chi connectivity index (χ2v) is 2.56. The topological polar surface area (TPSA) is 50.7 Å². The van der Waals surface area contributed by atoms with Crippen molar-refractivity contribution in [3.63, 3.8) is 0 Å². The third kappa shape index (κ3) is 1.57. The van der Waals surface area contributed by atoms with Gasteiger partial charge in [-0.2, -0.15) is 0 Å². The number of carbonyl (C=O) groups excluding carboxylic acids is 1. The Bertz CT molecular complexity index is 201. The Morgan fingerprint density at radius 2 is 2.36 bits per heavy atom. The molecule has 1 amide bonds. The van der Waals surface area contributed by atoms with E-state index in [1.807, 2.05) is 6.92 Å². The number of ether oxygens (including phenoxy) is 1. The van der Waals surface area contributed by atoms with E-state index < -0.39 is 0 Å². The predicted octanol–water partition coefficient (Wildman–Crippen LogP) is -0.0619. The first-order valence-electron chi connectivity index (χ1n) is 3.56. The maximum absolute atomic E-state index is 10.9. The number of carbonyl (C=O) groups is 1. The normalized spacial score (nSPS) is 26.3. The van der Waals surface area contributed by atoms with Gasteiger partial charge in [0.2, 0.25) is 5.91 Å². The largest absolute Gasteiger partial charge is 0.374 e. The van der Waals surface area contributed by atoms with Gasteiger partial charge in [0.25, 0.3) is 0 Å². The molecule has 11 heavy (non-hydrogen) atoms. The number of nitrogens with zero attached hydrogens (tertiary/aromatic N) is 1. The maximum Gasteiger partial charge on any atom is 0.249 e. The SMILES string of the molecule is COC(C)C1=NC(C)C(=O)N1. The van der Waals surface area contributed by atoms with Crippen molar-refractivity contribution in [2.75, 3.05) is 7.11 Å². The highest BCUT2D eigenvalue weighted by Crippen LogP contribution is 2.02. The molecule has 0 aromatic carbocycles. The molecule has 0 spiro atoms. The quantitative estimate of drug-likeness (QED) is 0.608. The Labute approximate surface area is 65.6 Å². The van der Waals surface area contributed by atoms with E-state index in [1.165, 1.54) is 0 Å². The molecule has 2 unspecified atom stereocenters. The van der Waals surface area contributed by atoms with Crippen molar-refractivity contribution in [3.8, 4) is 0 Å². The van der Waals surface area contributed by atoms with Gasteiger partial charge in [0.05, 0.1) is 0 Å². The lowest BCUT2D eigenvalue weighted by Crippen LogP contribution is -2.34. The fourth-order valence-electron chi connectivity index (χ4n) is 0.848. The van der Waals surface area contributed by atoms with E-state index in [-0.39, 0.29) is 18.1 Å². The summed E-state index contributed by atoms with van der Waals surface area (Å²) in [5.74, 6) is 0.578. The molecule has 4 nitrogen and oxygen atoms in total. The molecule has 0 aromatic rings. The first kappa shape index (κ1) is 8.20. The lowest BCUT2D eigenvalue weighted by molar-refractivity contribution is -0.119. The minimum atomic E-state index is -0.261. The van der Waals surface area contributed by atoms with E-state index in [2.05, 4.69) is 10.3 Å². The number of hydrogen-bond acceptors (Lipinski definition) is 3. The molecular weight excluding hydrogens is 144 g/mol. The van der Waals surface area contributed by atoms with Crippen LogP contribution in [0.4, 0.5) is 0 Å².